The maximum Gasteiger partial charge on any atom is 0.305 e. The summed E-state index contributed by atoms with van der Waals surface area (Å²) >= 11 is 6.75. The number of hydrogen-bond acceptors (Lipinski definition) is 5. The van der Waals surface area contributed by atoms with Crippen molar-refractivity contribution in [1.29, 1.82) is 0 Å². The van der Waals surface area contributed by atoms with Crippen LogP contribution in [0.4, 0.5) is 0 Å². The van der Waals surface area contributed by atoms with Gasteiger partial charge in [-0.25, -0.2) is 0 Å². The molecule has 0 amide bonds. The summed E-state index contributed by atoms with van der Waals surface area (Å²) in [5.41, 5.74) is 0. The van der Waals surface area contributed by atoms with E-state index in [1.54, 1.807) is 11.8 Å². The highest BCUT2D eigenvalue weighted by Gasteiger charge is 2.15. The zero-order valence-corrected chi connectivity index (χ0v) is 11.7. The summed E-state index contributed by atoms with van der Waals surface area (Å²) in [6.45, 7) is 1.66. The topological polar surface area (TPSA) is 47.6 Å². The third kappa shape index (κ3) is 6.85. The van der Waals surface area contributed by atoms with Crippen LogP contribution in [0.15, 0.2) is 0 Å². The molecule has 0 aromatic heterocycles. The summed E-state index contributed by atoms with van der Waals surface area (Å²) in [4.78, 5) is 10.9. The molecule has 4 nitrogen and oxygen atoms in total. The quantitative estimate of drug-likeness (QED) is 0.453. The second-order valence-corrected chi connectivity index (χ2v) is 5.60. The van der Waals surface area contributed by atoms with Crippen LogP contribution in [-0.2, 0) is 14.3 Å². The van der Waals surface area contributed by atoms with Gasteiger partial charge in [-0.15, -0.1) is 0 Å². The van der Waals surface area contributed by atoms with E-state index in [0.29, 0.717) is 12.5 Å². The fourth-order valence-corrected chi connectivity index (χ4v) is 2.53. The molecule has 0 saturated carbocycles. The minimum Gasteiger partial charge on any atom is -0.469 e. The predicted molar refractivity (Wildman–Crippen MR) is 73.3 cm³/mol. The largest absolute Gasteiger partial charge is 0.469 e. The highest BCUT2D eigenvalue weighted by molar-refractivity contribution is 8.22. The number of carbonyl (C=O) groups is 1. The minimum absolute atomic E-state index is 0.163. The van der Waals surface area contributed by atoms with E-state index < -0.39 is 0 Å². The Morgan fingerprint density at radius 3 is 3.12 bits per heavy atom. The van der Waals surface area contributed by atoms with Gasteiger partial charge in [0.1, 0.15) is 4.32 Å². The number of thiocarbonyl (C=S) groups is 1. The predicted octanol–water partition coefficient (Wildman–Crippen LogP) is 1.73. The van der Waals surface area contributed by atoms with Gasteiger partial charge in [-0.2, -0.15) is 0 Å². The molecule has 0 radical (unpaired) electrons. The lowest BCUT2D eigenvalue weighted by atomic mass is 10.2. The molecule has 1 N–H and O–H groups in total. The van der Waals surface area contributed by atoms with Gasteiger partial charge in [-0.3, -0.25) is 4.79 Å². The number of esters is 1. The van der Waals surface area contributed by atoms with Crippen molar-refractivity contribution >= 4 is 34.3 Å². The Bertz CT molecular complexity index is 255. The maximum atomic E-state index is 10.9. The van der Waals surface area contributed by atoms with Crippen molar-refractivity contribution in [3.05, 3.63) is 0 Å². The van der Waals surface area contributed by atoms with Crippen molar-refractivity contribution in [3.8, 4) is 0 Å². The molecule has 1 aliphatic heterocycles. The minimum atomic E-state index is -0.163. The van der Waals surface area contributed by atoms with E-state index in [2.05, 4.69) is 10.1 Å². The van der Waals surface area contributed by atoms with Crippen LogP contribution < -0.4 is 5.32 Å². The van der Waals surface area contributed by atoms with E-state index in [4.69, 9.17) is 17.0 Å². The summed E-state index contributed by atoms with van der Waals surface area (Å²) in [5, 5.41) is 3.18. The maximum absolute atomic E-state index is 10.9. The van der Waals surface area contributed by atoms with Crippen molar-refractivity contribution < 1.29 is 14.3 Å². The van der Waals surface area contributed by atoms with Crippen molar-refractivity contribution in [2.45, 2.75) is 31.8 Å². The number of carbonyl (C=O) groups excluding carboxylic acids is 1. The van der Waals surface area contributed by atoms with E-state index in [9.17, 15) is 4.79 Å². The lowest BCUT2D eigenvalue weighted by molar-refractivity contribution is -0.140. The number of rotatable bonds is 6. The molecule has 1 rings (SSSR count). The van der Waals surface area contributed by atoms with Gasteiger partial charge in [0.15, 0.2) is 0 Å². The Morgan fingerprint density at radius 2 is 2.47 bits per heavy atom. The van der Waals surface area contributed by atoms with Gasteiger partial charge in [0, 0.05) is 25.3 Å². The average Bonchev–Trinajstić information content (AvgIpc) is 2.84. The zero-order chi connectivity index (χ0) is 12.5. The first-order chi connectivity index (χ1) is 8.22. The number of nitrogens with one attached hydrogen (secondary N) is 1. The zero-order valence-electron chi connectivity index (χ0n) is 10.1. The molecular weight excluding hydrogens is 258 g/mol. The van der Waals surface area contributed by atoms with Crippen LogP contribution in [0.3, 0.4) is 0 Å². The molecule has 98 valence electrons. The summed E-state index contributed by atoms with van der Waals surface area (Å²) in [7, 11) is 1.41. The molecule has 1 aliphatic rings. The van der Waals surface area contributed by atoms with E-state index in [1.807, 2.05) is 0 Å². The SMILES string of the molecule is COC(=O)CCCSC(=S)NCC1CCCO1. The molecular formula is C11H19NO3S2. The van der Waals surface area contributed by atoms with Crippen LogP contribution >= 0.6 is 24.0 Å². The second kappa shape index (κ2) is 8.72. The van der Waals surface area contributed by atoms with Crippen molar-refractivity contribution in [2.75, 3.05) is 26.0 Å². The van der Waals surface area contributed by atoms with Gasteiger partial charge in [-0.05, 0) is 19.3 Å². The number of hydrogen-bond donors (Lipinski definition) is 1. The number of methoxy groups -OCH3 is 1. The highest BCUT2D eigenvalue weighted by atomic mass is 32.2. The first kappa shape index (κ1) is 14.7. The van der Waals surface area contributed by atoms with Gasteiger partial charge in [0.05, 0.1) is 13.2 Å². The Morgan fingerprint density at radius 1 is 1.65 bits per heavy atom. The van der Waals surface area contributed by atoms with E-state index >= 15 is 0 Å². The van der Waals surface area contributed by atoms with Crippen LogP contribution in [0, 0.1) is 0 Å². The van der Waals surface area contributed by atoms with Gasteiger partial charge in [0.25, 0.3) is 0 Å². The van der Waals surface area contributed by atoms with Crippen molar-refractivity contribution in [3.63, 3.8) is 0 Å². The lowest BCUT2D eigenvalue weighted by Crippen LogP contribution is -2.29. The summed E-state index contributed by atoms with van der Waals surface area (Å²) in [5.74, 6) is 0.677. The molecule has 1 saturated heterocycles. The van der Waals surface area contributed by atoms with Gasteiger partial charge < -0.3 is 14.8 Å². The first-order valence-electron chi connectivity index (χ1n) is 5.81. The summed E-state index contributed by atoms with van der Waals surface area (Å²) in [6, 6.07) is 0. The first-order valence-corrected chi connectivity index (χ1v) is 7.21. The van der Waals surface area contributed by atoms with Gasteiger partial charge in [0.2, 0.25) is 0 Å². The monoisotopic (exact) mass is 277 g/mol. The Labute approximate surface area is 112 Å². The van der Waals surface area contributed by atoms with E-state index in [1.165, 1.54) is 7.11 Å². The molecule has 0 bridgehead atoms. The van der Waals surface area contributed by atoms with Crippen LogP contribution in [0.2, 0.25) is 0 Å². The van der Waals surface area contributed by atoms with E-state index in [-0.39, 0.29) is 5.97 Å². The smallest absolute Gasteiger partial charge is 0.305 e. The van der Waals surface area contributed by atoms with Crippen LogP contribution in [-0.4, -0.2) is 42.4 Å². The van der Waals surface area contributed by atoms with Crippen LogP contribution in [0.25, 0.3) is 0 Å². The Kier molecular flexibility index (Phi) is 7.55. The normalized spacial score (nSPS) is 19.0. The second-order valence-electron chi connectivity index (χ2n) is 3.83. The Hall–Kier alpha value is -0.330. The third-order valence-corrected chi connectivity index (χ3v) is 3.88. The number of ether oxygens (including phenoxy) is 2. The fourth-order valence-electron chi connectivity index (χ4n) is 1.54. The molecule has 0 aliphatic carbocycles. The standard InChI is InChI=1S/C11H19NO3S2/c1-14-10(13)5-3-7-17-11(16)12-8-9-4-2-6-15-9/h9H,2-8H2,1H3,(H,12,16). The Balaban J connectivity index is 1.95. The molecule has 0 aromatic carbocycles. The van der Waals surface area contributed by atoms with Crippen LogP contribution in [0.1, 0.15) is 25.7 Å². The van der Waals surface area contributed by atoms with Crippen LogP contribution in [0.5, 0.6) is 0 Å². The molecule has 1 heterocycles. The van der Waals surface area contributed by atoms with Gasteiger partial charge in [-0.1, -0.05) is 24.0 Å². The molecule has 0 spiro atoms. The molecule has 17 heavy (non-hydrogen) atoms. The third-order valence-electron chi connectivity index (χ3n) is 2.48. The average molecular weight is 277 g/mol. The molecule has 1 fully saturated rings. The molecule has 1 atom stereocenters. The lowest BCUT2D eigenvalue weighted by Gasteiger charge is -2.11. The summed E-state index contributed by atoms with van der Waals surface area (Å²) < 4.78 is 10.8. The van der Waals surface area contributed by atoms with E-state index in [0.717, 1.165) is 42.5 Å². The fraction of sp³-hybridized carbons (Fsp3) is 0.818. The van der Waals surface area contributed by atoms with Gasteiger partial charge >= 0.3 is 5.97 Å². The highest BCUT2D eigenvalue weighted by Crippen LogP contribution is 2.12. The van der Waals surface area contributed by atoms with Crippen molar-refractivity contribution in [2.24, 2.45) is 0 Å². The summed E-state index contributed by atoms with van der Waals surface area (Å²) in [6.07, 6.45) is 3.81. The molecule has 0 aromatic rings. The molecule has 1 unspecified atom stereocenters. The number of thioether (sulfide) groups is 1. The van der Waals surface area contributed by atoms with Crippen molar-refractivity contribution in [1.82, 2.24) is 5.32 Å². The molecule has 6 heteroatoms.